The molecule has 0 radical (unpaired) electrons. The second kappa shape index (κ2) is 8.57. The van der Waals surface area contributed by atoms with Crippen LogP contribution in [0.25, 0.3) is 0 Å². The molecule has 1 rings (SSSR count). The van der Waals surface area contributed by atoms with Crippen molar-refractivity contribution in [3.8, 4) is 0 Å². The van der Waals surface area contributed by atoms with Crippen molar-refractivity contribution < 1.29 is 19.1 Å². The third kappa shape index (κ3) is 7.24. The lowest BCUT2D eigenvalue weighted by molar-refractivity contribution is -0.127. The summed E-state index contributed by atoms with van der Waals surface area (Å²) in [4.78, 5) is 38.7. The normalized spacial score (nSPS) is 18.2. The van der Waals surface area contributed by atoms with Crippen molar-refractivity contribution in [3.63, 3.8) is 0 Å². The van der Waals surface area contributed by atoms with E-state index < -0.39 is 5.60 Å². The van der Waals surface area contributed by atoms with Crippen LogP contribution in [0.2, 0.25) is 0 Å². The van der Waals surface area contributed by atoms with Crippen LogP contribution in [0, 0.1) is 0 Å². The van der Waals surface area contributed by atoms with Gasteiger partial charge in [-0.2, -0.15) is 0 Å². The van der Waals surface area contributed by atoms with E-state index in [4.69, 9.17) is 4.74 Å². The lowest BCUT2D eigenvalue weighted by Crippen LogP contribution is -2.42. The number of hydrogen-bond donors (Lipinski definition) is 0. The minimum atomic E-state index is -0.532. The van der Waals surface area contributed by atoms with Gasteiger partial charge in [-0.05, 0) is 27.2 Å². The minimum absolute atomic E-state index is 0.0288. The predicted octanol–water partition coefficient (Wildman–Crippen LogP) is 2.51. The van der Waals surface area contributed by atoms with Crippen molar-refractivity contribution in [3.05, 3.63) is 0 Å². The number of hydrogen-bond acceptors (Lipinski definition) is 5. The molecule has 0 bridgehead atoms. The first kappa shape index (κ1) is 19.8. The molecule has 2 amide bonds. The second-order valence-electron chi connectivity index (χ2n) is 6.74. The SMILES string of the molecule is CCCN(CCN1CC(SC(C)=O)CC1=O)C(=O)OC(C)(C)C. The van der Waals surface area contributed by atoms with Crippen molar-refractivity contribution in [1.82, 2.24) is 9.80 Å². The Hall–Kier alpha value is -1.24. The van der Waals surface area contributed by atoms with Gasteiger partial charge in [-0.25, -0.2) is 4.79 Å². The highest BCUT2D eigenvalue weighted by Crippen LogP contribution is 2.24. The Morgan fingerprint density at radius 1 is 1.35 bits per heavy atom. The van der Waals surface area contributed by atoms with E-state index in [9.17, 15) is 14.4 Å². The molecule has 1 saturated heterocycles. The third-order valence-corrected chi connectivity index (χ3v) is 4.28. The summed E-state index contributed by atoms with van der Waals surface area (Å²) in [5.74, 6) is 0.0457. The Bertz CT molecular complexity index is 448. The molecule has 23 heavy (non-hydrogen) atoms. The van der Waals surface area contributed by atoms with Gasteiger partial charge in [0.25, 0.3) is 0 Å². The summed E-state index contributed by atoms with van der Waals surface area (Å²) >= 11 is 1.22. The molecular weight excluding hydrogens is 316 g/mol. The molecule has 1 atom stereocenters. The quantitative estimate of drug-likeness (QED) is 0.741. The maximum Gasteiger partial charge on any atom is 0.410 e. The lowest BCUT2D eigenvalue weighted by Gasteiger charge is -2.28. The van der Waals surface area contributed by atoms with E-state index in [2.05, 4.69) is 0 Å². The molecule has 1 unspecified atom stereocenters. The fourth-order valence-corrected chi connectivity index (χ4v) is 3.35. The van der Waals surface area contributed by atoms with Crippen LogP contribution in [-0.4, -0.2) is 63.9 Å². The van der Waals surface area contributed by atoms with Crippen LogP contribution in [0.15, 0.2) is 0 Å². The van der Waals surface area contributed by atoms with Crippen LogP contribution in [0.3, 0.4) is 0 Å². The van der Waals surface area contributed by atoms with Crippen molar-refractivity contribution >= 4 is 28.9 Å². The van der Waals surface area contributed by atoms with E-state index in [1.165, 1.54) is 18.7 Å². The van der Waals surface area contributed by atoms with Crippen molar-refractivity contribution in [2.75, 3.05) is 26.2 Å². The molecule has 1 heterocycles. The van der Waals surface area contributed by atoms with E-state index >= 15 is 0 Å². The number of likely N-dealkylation sites (tertiary alicyclic amines) is 1. The van der Waals surface area contributed by atoms with E-state index in [0.717, 1.165) is 6.42 Å². The Kier molecular flexibility index (Phi) is 7.38. The summed E-state index contributed by atoms with van der Waals surface area (Å²) in [6.45, 7) is 11.1. The number of carbonyl (C=O) groups is 3. The van der Waals surface area contributed by atoms with Crippen LogP contribution in [-0.2, 0) is 14.3 Å². The maximum absolute atomic E-state index is 12.2. The monoisotopic (exact) mass is 344 g/mol. The number of thioether (sulfide) groups is 1. The average Bonchev–Trinajstić information content (AvgIpc) is 2.71. The van der Waals surface area contributed by atoms with Crippen molar-refractivity contribution in [2.45, 2.75) is 58.3 Å². The smallest absolute Gasteiger partial charge is 0.410 e. The summed E-state index contributed by atoms with van der Waals surface area (Å²) in [5.41, 5.74) is -0.532. The topological polar surface area (TPSA) is 66.9 Å². The zero-order chi connectivity index (χ0) is 17.6. The first-order chi connectivity index (χ1) is 10.6. The molecule has 0 aromatic carbocycles. The molecule has 0 aromatic rings. The fraction of sp³-hybridized carbons (Fsp3) is 0.812. The zero-order valence-electron chi connectivity index (χ0n) is 14.8. The first-order valence-corrected chi connectivity index (χ1v) is 8.93. The van der Waals surface area contributed by atoms with Crippen LogP contribution >= 0.6 is 11.8 Å². The van der Waals surface area contributed by atoms with Crippen LogP contribution < -0.4 is 0 Å². The Labute approximate surface area is 142 Å². The number of amides is 2. The minimum Gasteiger partial charge on any atom is -0.444 e. The van der Waals surface area contributed by atoms with Gasteiger partial charge in [-0.3, -0.25) is 9.59 Å². The molecule has 1 aliphatic rings. The largest absolute Gasteiger partial charge is 0.444 e. The molecule has 132 valence electrons. The van der Waals surface area contributed by atoms with Gasteiger partial charge in [0, 0.05) is 44.8 Å². The summed E-state index contributed by atoms with van der Waals surface area (Å²) in [7, 11) is 0. The maximum atomic E-state index is 12.2. The van der Waals surface area contributed by atoms with Gasteiger partial charge in [-0.15, -0.1) is 0 Å². The summed E-state index contributed by atoms with van der Waals surface area (Å²) in [5, 5.41) is 0.0622. The van der Waals surface area contributed by atoms with Gasteiger partial charge in [-0.1, -0.05) is 18.7 Å². The molecule has 0 aromatic heterocycles. The van der Waals surface area contributed by atoms with Crippen molar-refractivity contribution in [1.29, 1.82) is 0 Å². The molecule has 6 nitrogen and oxygen atoms in total. The van der Waals surface area contributed by atoms with Crippen LogP contribution in [0.1, 0.15) is 47.5 Å². The Morgan fingerprint density at radius 2 is 2.00 bits per heavy atom. The molecular formula is C16H28N2O4S. The number of ether oxygens (including phenoxy) is 1. The van der Waals surface area contributed by atoms with E-state index in [0.29, 0.717) is 32.6 Å². The van der Waals surface area contributed by atoms with E-state index in [-0.39, 0.29) is 22.4 Å². The summed E-state index contributed by atoms with van der Waals surface area (Å²) in [6, 6.07) is 0. The number of rotatable bonds is 6. The molecule has 1 aliphatic heterocycles. The standard InChI is InChI=1S/C16H28N2O4S/c1-6-7-17(15(21)22-16(3,4)5)8-9-18-11-13(10-14(18)20)23-12(2)19/h13H,6-11H2,1-5H3. The molecule has 0 spiro atoms. The van der Waals surface area contributed by atoms with Gasteiger partial charge in [0.15, 0.2) is 5.12 Å². The van der Waals surface area contributed by atoms with Gasteiger partial charge < -0.3 is 14.5 Å². The Morgan fingerprint density at radius 3 is 2.52 bits per heavy atom. The van der Waals surface area contributed by atoms with Gasteiger partial charge >= 0.3 is 6.09 Å². The molecule has 7 heteroatoms. The predicted molar refractivity (Wildman–Crippen MR) is 91.4 cm³/mol. The highest BCUT2D eigenvalue weighted by atomic mass is 32.2. The van der Waals surface area contributed by atoms with Gasteiger partial charge in [0.2, 0.25) is 5.91 Å². The van der Waals surface area contributed by atoms with E-state index in [1.807, 2.05) is 27.7 Å². The van der Waals surface area contributed by atoms with Gasteiger partial charge in [0.05, 0.1) is 0 Å². The molecule has 0 N–H and O–H groups in total. The second-order valence-corrected chi connectivity index (χ2v) is 8.22. The van der Waals surface area contributed by atoms with Gasteiger partial charge in [0.1, 0.15) is 5.60 Å². The Balaban J connectivity index is 2.53. The third-order valence-electron chi connectivity index (χ3n) is 3.30. The molecule has 1 fully saturated rings. The molecule has 0 aliphatic carbocycles. The highest BCUT2D eigenvalue weighted by molar-refractivity contribution is 8.14. The van der Waals surface area contributed by atoms with Crippen molar-refractivity contribution in [2.24, 2.45) is 0 Å². The summed E-state index contributed by atoms with van der Waals surface area (Å²) < 4.78 is 5.40. The highest BCUT2D eigenvalue weighted by Gasteiger charge is 2.31. The zero-order valence-corrected chi connectivity index (χ0v) is 15.6. The van der Waals surface area contributed by atoms with E-state index in [1.54, 1.807) is 9.80 Å². The summed E-state index contributed by atoms with van der Waals surface area (Å²) in [6.07, 6.45) is 0.876. The first-order valence-electron chi connectivity index (χ1n) is 8.05. The fourth-order valence-electron chi connectivity index (χ4n) is 2.40. The molecule has 0 saturated carbocycles. The lowest BCUT2D eigenvalue weighted by atomic mass is 10.2. The average molecular weight is 344 g/mol. The number of carbonyl (C=O) groups excluding carboxylic acids is 3. The van der Waals surface area contributed by atoms with Crippen LogP contribution in [0.4, 0.5) is 4.79 Å². The van der Waals surface area contributed by atoms with Crippen LogP contribution in [0.5, 0.6) is 0 Å². The number of nitrogens with zero attached hydrogens (tertiary/aromatic N) is 2.